The van der Waals surface area contributed by atoms with E-state index in [1.54, 1.807) is 31.2 Å². The molecule has 2 rings (SSSR count). The van der Waals surface area contributed by atoms with E-state index in [4.69, 9.17) is 9.84 Å². The predicted octanol–water partition coefficient (Wildman–Crippen LogP) is 3.62. The van der Waals surface area contributed by atoms with Crippen LogP contribution >= 0.6 is 0 Å². The van der Waals surface area contributed by atoms with Gasteiger partial charge in [0.1, 0.15) is 6.61 Å². The minimum absolute atomic E-state index is 0.195. The average Bonchev–Trinajstić information content (AvgIpc) is 2.54. The fourth-order valence-corrected chi connectivity index (χ4v) is 1.87. The van der Waals surface area contributed by atoms with Gasteiger partial charge in [-0.1, -0.05) is 42.5 Å². The van der Waals surface area contributed by atoms with E-state index in [-0.39, 0.29) is 6.61 Å². The highest BCUT2D eigenvalue weighted by molar-refractivity contribution is 5.84. The third kappa shape index (κ3) is 4.34. The lowest BCUT2D eigenvalue weighted by Gasteiger charge is -2.09. The van der Waals surface area contributed by atoms with Crippen LogP contribution in [0.2, 0.25) is 0 Å². The van der Waals surface area contributed by atoms with Crippen molar-refractivity contribution in [1.29, 1.82) is 0 Å². The predicted molar refractivity (Wildman–Crippen MR) is 82.7 cm³/mol. The summed E-state index contributed by atoms with van der Waals surface area (Å²) in [6.07, 6.45) is -0.553. The van der Waals surface area contributed by atoms with Crippen molar-refractivity contribution >= 4 is 17.7 Å². The average molecular weight is 299 g/mol. The van der Waals surface area contributed by atoms with Crippen LogP contribution in [0.5, 0.6) is 0 Å². The number of rotatable bonds is 5. The molecule has 0 saturated heterocycles. The number of nitrogens with one attached hydrogen (secondary N) is 1. The molecule has 22 heavy (non-hydrogen) atoms. The number of amides is 1. The number of aliphatic carboxylic acids is 1. The van der Waals surface area contributed by atoms with Gasteiger partial charge in [-0.3, -0.25) is 10.1 Å². The highest BCUT2D eigenvalue weighted by Crippen LogP contribution is 2.18. The van der Waals surface area contributed by atoms with Crippen LogP contribution in [0, 0.1) is 0 Å². The van der Waals surface area contributed by atoms with Gasteiger partial charge in [0.15, 0.2) is 0 Å². The van der Waals surface area contributed by atoms with E-state index >= 15 is 0 Å². The summed E-state index contributed by atoms with van der Waals surface area (Å²) in [5.41, 5.74) is 2.14. The van der Waals surface area contributed by atoms with Gasteiger partial charge in [-0.05, 0) is 30.2 Å². The molecule has 1 atom stereocenters. The van der Waals surface area contributed by atoms with Crippen LogP contribution in [0.15, 0.2) is 54.6 Å². The van der Waals surface area contributed by atoms with Gasteiger partial charge in [0.25, 0.3) is 0 Å². The fourth-order valence-electron chi connectivity index (χ4n) is 1.87. The summed E-state index contributed by atoms with van der Waals surface area (Å²) in [5.74, 6) is -1.47. The van der Waals surface area contributed by atoms with Crippen LogP contribution in [0.25, 0.3) is 0 Å². The van der Waals surface area contributed by atoms with Crippen molar-refractivity contribution in [3.8, 4) is 0 Å². The molecule has 2 aromatic rings. The third-order valence-electron chi connectivity index (χ3n) is 3.24. The summed E-state index contributed by atoms with van der Waals surface area (Å²) in [6.45, 7) is 1.81. The Bertz CT molecular complexity index is 637. The van der Waals surface area contributed by atoms with E-state index in [0.717, 1.165) is 5.56 Å². The van der Waals surface area contributed by atoms with Crippen molar-refractivity contribution in [3.63, 3.8) is 0 Å². The monoisotopic (exact) mass is 299 g/mol. The van der Waals surface area contributed by atoms with E-state index in [2.05, 4.69) is 5.32 Å². The maximum Gasteiger partial charge on any atom is 0.411 e. The molecule has 0 aliphatic heterocycles. The van der Waals surface area contributed by atoms with Crippen molar-refractivity contribution in [3.05, 3.63) is 65.7 Å². The van der Waals surface area contributed by atoms with E-state index in [9.17, 15) is 9.59 Å². The summed E-state index contributed by atoms with van der Waals surface area (Å²) in [7, 11) is 0. The summed E-state index contributed by atoms with van der Waals surface area (Å²) in [5, 5.41) is 11.5. The molecule has 0 radical (unpaired) electrons. The lowest BCUT2D eigenvalue weighted by Crippen LogP contribution is -2.13. The maximum atomic E-state index is 11.7. The molecule has 0 spiro atoms. The Hall–Kier alpha value is -2.82. The number of anilines is 1. The lowest BCUT2D eigenvalue weighted by atomic mass is 10.0. The highest BCUT2D eigenvalue weighted by atomic mass is 16.5. The number of ether oxygens (including phenoxy) is 1. The Kier molecular flexibility index (Phi) is 5.14. The molecule has 0 saturated carbocycles. The number of carbonyl (C=O) groups excluding carboxylic acids is 1. The molecule has 5 heteroatoms. The molecule has 0 heterocycles. The third-order valence-corrected chi connectivity index (χ3v) is 3.24. The molecule has 5 nitrogen and oxygen atoms in total. The van der Waals surface area contributed by atoms with Gasteiger partial charge in [-0.2, -0.15) is 0 Å². The molecule has 2 aromatic carbocycles. The van der Waals surface area contributed by atoms with Crippen LogP contribution in [0.3, 0.4) is 0 Å². The zero-order valence-electron chi connectivity index (χ0n) is 12.2. The van der Waals surface area contributed by atoms with E-state index in [1.807, 2.05) is 30.3 Å². The highest BCUT2D eigenvalue weighted by Gasteiger charge is 2.13. The zero-order valence-corrected chi connectivity index (χ0v) is 12.2. The minimum atomic E-state index is -0.886. The number of carboxylic acids is 1. The van der Waals surface area contributed by atoms with Crippen LogP contribution in [0.1, 0.15) is 24.0 Å². The Labute approximate surface area is 128 Å². The lowest BCUT2D eigenvalue weighted by molar-refractivity contribution is -0.138. The summed E-state index contributed by atoms with van der Waals surface area (Å²) < 4.78 is 5.10. The summed E-state index contributed by atoms with van der Waals surface area (Å²) in [6, 6.07) is 16.0. The quantitative estimate of drug-likeness (QED) is 0.884. The molecule has 1 amide bonds. The molecule has 2 N–H and O–H groups in total. The topological polar surface area (TPSA) is 75.6 Å². The standard InChI is InChI=1S/C17H17NO4/c1-12(16(19)20)14-7-9-15(10-8-14)18-17(21)22-11-13-5-3-2-4-6-13/h2-10,12H,11H2,1H3,(H,18,21)(H,19,20). The second kappa shape index (κ2) is 7.26. The largest absolute Gasteiger partial charge is 0.481 e. The first-order valence-electron chi connectivity index (χ1n) is 6.86. The number of carboxylic acid groups (broad SMARTS) is 1. The van der Waals surface area contributed by atoms with Gasteiger partial charge in [0.05, 0.1) is 5.92 Å². The maximum absolute atomic E-state index is 11.7. The van der Waals surface area contributed by atoms with Crippen LogP contribution in [-0.2, 0) is 16.1 Å². The molecular formula is C17H17NO4. The van der Waals surface area contributed by atoms with E-state index < -0.39 is 18.0 Å². The molecule has 0 aliphatic rings. The Morgan fingerprint density at radius 1 is 1.09 bits per heavy atom. The first-order valence-corrected chi connectivity index (χ1v) is 6.86. The Balaban J connectivity index is 1.88. The van der Waals surface area contributed by atoms with Gasteiger partial charge >= 0.3 is 12.1 Å². The Morgan fingerprint density at radius 2 is 1.73 bits per heavy atom. The van der Waals surface area contributed by atoms with Crippen molar-refractivity contribution in [2.45, 2.75) is 19.4 Å². The molecule has 1 unspecified atom stereocenters. The fraction of sp³-hybridized carbons (Fsp3) is 0.176. The molecule has 0 bridgehead atoms. The van der Waals surface area contributed by atoms with E-state index in [1.165, 1.54) is 0 Å². The van der Waals surface area contributed by atoms with Crippen molar-refractivity contribution in [2.24, 2.45) is 0 Å². The van der Waals surface area contributed by atoms with Gasteiger partial charge in [-0.15, -0.1) is 0 Å². The number of carbonyl (C=O) groups is 2. The van der Waals surface area contributed by atoms with Crippen molar-refractivity contribution < 1.29 is 19.4 Å². The minimum Gasteiger partial charge on any atom is -0.481 e. The number of hydrogen-bond donors (Lipinski definition) is 2. The molecule has 0 aromatic heterocycles. The molecule has 114 valence electrons. The van der Waals surface area contributed by atoms with Gasteiger partial charge in [0.2, 0.25) is 0 Å². The van der Waals surface area contributed by atoms with E-state index in [0.29, 0.717) is 11.3 Å². The zero-order chi connectivity index (χ0) is 15.9. The Morgan fingerprint density at radius 3 is 2.32 bits per heavy atom. The van der Waals surface area contributed by atoms with Gasteiger partial charge in [0, 0.05) is 5.69 Å². The molecule has 0 fully saturated rings. The smallest absolute Gasteiger partial charge is 0.411 e. The first-order chi connectivity index (χ1) is 10.6. The van der Waals surface area contributed by atoms with Gasteiger partial charge in [-0.25, -0.2) is 4.79 Å². The van der Waals surface area contributed by atoms with Crippen molar-refractivity contribution in [1.82, 2.24) is 0 Å². The second-order valence-electron chi connectivity index (χ2n) is 4.87. The first kappa shape index (κ1) is 15.6. The van der Waals surface area contributed by atoms with Crippen LogP contribution in [-0.4, -0.2) is 17.2 Å². The van der Waals surface area contributed by atoms with Crippen LogP contribution < -0.4 is 5.32 Å². The SMILES string of the molecule is CC(C(=O)O)c1ccc(NC(=O)OCc2ccccc2)cc1. The van der Waals surface area contributed by atoms with Gasteiger partial charge < -0.3 is 9.84 Å². The second-order valence-corrected chi connectivity index (χ2v) is 4.87. The van der Waals surface area contributed by atoms with Crippen molar-refractivity contribution in [2.75, 3.05) is 5.32 Å². The number of benzene rings is 2. The summed E-state index contributed by atoms with van der Waals surface area (Å²) in [4.78, 5) is 22.6. The molecule has 0 aliphatic carbocycles. The summed E-state index contributed by atoms with van der Waals surface area (Å²) >= 11 is 0. The number of hydrogen-bond acceptors (Lipinski definition) is 3. The normalized spacial score (nSPS) is 11.5. The molecular weight excluding hydrogens is 282 g/mol. The van der Waals surface area contributed by atoms with Crippen LogP contribution in [0.4, 0.5) is 10.5 Å².